The van der Waals surface area contributed by atoms with Crippen molar-refractivity contribution in [3.8, 4) is 16.9 Å². The third-order valence-corrected chi connectivity index (χ3v) is 5.70. The average molecular weight is 400 g/mol. The largest absolute Gasteiger partial charge is 0.492 e. The summed E-state index contributed by atoms with van der Waals surface area (Å²) in [6.45, 7) is 2.88. The summed E-state index contributed by atoms with van der Waals surface area (Å²) in [6, 6.07) is 15.4. The molecule has 0 aromatic heterocycles. The molecule has 1 fully saturated rings. The van der Waals surface area contributed by atoms with Gasteiger partial charge in [0.2, 0.25) is 0 Å². The van der Waals surface area contributed by atoms with Crippen LogP contribution in [0.3, 0.4) is 0 Å². The van der Waals surface area contributed by atoms with Gasteiger partial charge in [0.15, 0.2) is 0 Å². The van der Waals surface area contributed by atoms with Gasteiger partial charge in [-0.15, -0.1) is 0 Å². The molecule has 0 aliphatic heterocycles. The van der Waals surface area contributed by atoms with Crippen molar-refractivity contribution < 1.29 is 4.74 Å². The zero-order valence-electron chi connectivity index (χ0n) is 15.1. The van der Waals surface area contributed by atoms with E-state index in [0.717, 1.165) is 29.2 Å². The van der Waals surface area contributed by atoms with Crippen molar-refractivity contribution in [1.82, 2.24) is 0 Å². The zero-order valence-corrected chi connectivity index (χ0v) is 16.7. The summed E-state index contributed by atoms with van der Waals surface area (Å²) in [5, 5.41) is 0. The van der Waals surface area contributed by atoms with Crippen molar-refractivity contribution in [1.29, 1.82) is 0 Å². The molecule has 1 radical (unpaired) electrons. The number of halogens is 1. The normalized spacial score (nSPS) is 15.3. The Labute approximate surface area is 160 Å². The van der Waals surface area contributed by atoms with Gasteiger partial charge in [-0.2, -0.15) is 0 Å². The topological polar surface area (TPSA) is 9.23 Å². The van der Waals surface area contributed by atoms with Gasteiger partial charge in [-0.25, -0.2) is 0 Å². The molecule has 1 aliphatic rings. The fraction of sp³-hybridized carbons (Fsp3) is 0.435. The Balaban J connectivity index is 1.60. The molecule has 0 bridgehead atoms. The Morgan fingerprint density at radius 1 is 1.00 bits per heavy atom. The van der Waals surface area contributed by atoms with E-state index in [1.807, 2.05) is 0 Å². The van der Waals surface area contributed by atoms with Gasteiger partial charge in [-0.1, -0.05) is 50.1 Å². The molecule has 0 heterocycles. The lowest BCUT2D eigenvalue weighted by atomic mass is 9.85. The highest BCUT2D eigenvalue weighted by Gasteiger charge is 2.13. The van der Waals surface area contributed by atoms with E-state index in [1.54, 1.807) is 0 Å². The molecule has 2 aromatic carbocycles. The lowest BCUT2D eigenvalue weighted by Gasteiger charge is -2.21. The molecule has 3 rings (SSSR count). The summed E-state index contributed by atoms with van der Waals surface area (Å²) < 4.78 is 6.76. The quantitative estimate of drug-likeness (QED) is 0.476. The Morgan fingerprint density at radius 3 is 2.40 bits per heavy atom. The van der Waals surface area contributed by atoms with Crippen molar-refractivity contribution in [2.45, 2.75) is 51.9 Å². The zero-order chi connectivity index (χ0) is 17.5. The van der Waals surface area contributed by atoms with Crippen molar-refractivity contribution >= 4 is 15.9 Å². The molecule has 2 aromatic rings. The van der Waals surface area contributed by atoms with E-state index in [1.165, 1.54) is 55.2 Å². The van der Waals surface area contributed by atoms with Crippen LogP contribution in [0.2, 0.25) is 0 Å². The fourth-order valence-corrected chi connectivity index (χ4v) is 4.02. The Kier molecular flexibility index (Phi) is 6.98. The van der Waals surface area contributed by atoms with E-state index in [4.69, 9.17) is 4.74 Å². The highest BCUT2D eigenvalue weighted by molar-refractivity contribution is 9.10. The van der Waals surface area contributed by atoms with Crippen LogP contribution in [0.15, 0.2) is 46.9 Å². The highest BCUT2D eigenvalue weighted by Crippen LogP contribution is 2.31. The van der Waals surface area contributed by atoms with Crippen LogP contribution in [0.5, 0.6) is 5.75 Å². The van der Waals surface area contributed by atoms with Crippen LogP contribution >= 0.6 is 15.9 Å². The molecule has 0 N–H and O–H groups in total. The third-order valence-electron chi connectivity index (χ3n) is 5.08. The Hall–Kier alpha value is -1.28. The maximum Gasteiger partial charge on any atom is 0.133 e. The summed E-state index contributed by atoms with van der Waals surface area (Å²) in [5.41, 5.74) is 3.95. The molecule has 0 unspecified atom stereocenters. The van der Waals surface area contributed by atoms with Crippen LogP contribution in [0.1, 0.15) is 51.0 Å². The molecular weight excluding hydrogens is 372 g/mol. The molecule has 2 heteroatoms. The maximum atomic E-state index is 5.74. The van der Waals surface area contributed by atoms with Gasteiger partial charge in [0.25, 0.3) is 0 Å². The van der Waals surface area contributed by atoms with E-state index < -0.39 is 0 Å². The van der Waals surface area contributed by atoms with Gasteiger partial charge >= 0.3 is 0 Å². The van der Waals surface area contributed by atoms with Crippen LogP contribution in [0.4, 0.5) is 0 Å². The molecule has 25 heavy (non-hydrogen) atoms. The predicted molar refractivity (Wildman–Crippen MR) is 110 cm³/mol. The second-order valence-electron chi connectivity index (χ2n) is 7.04. The first-order valence-corrected chi connectivity index (χ1v) is 10.4. The number of rotatable bonds is 7. The minimum Gasteiger partial charge on any atom is -0.492 e. The molecule has 0 amide bonds. The maximum absolute atomic E-state index is 5.74. The number of hydrogen-bond acceptors (Lipinski definition) is 1. The Bertz CT molecular complexity index is 656. The number of ether oxygens (including phenoxy) is 1. The minimum atomic E-state index is 0.756. The number of aryl methyl sites for hydroxylation is 1. The van der Waals surface area contributed by atoms with E-state index in [2.05, 4.69) is 71.7 Å². The van der Waals surface area contributed by atoms with Gasteiger partial charge in [0, 0.05) is 0 Å². The lowest BCUT2D eigenvalue weighted by Crippen LogP contribution is -2.07. The van der Waals surface area contributed by atoms with Crippen molar-refractivity contribution in [2.75, 3.05) is 6.61 Å². The number of hydrogen-bond donors (Lipinski definition) is 0. The SMILES string of the molecule is CCCOc1ccc(-c2ccc(CCC3CC[CH]CC3)cc2)cc1Br. The van der Waals surface area contributed by atoms with Gasteiger partial charge in [0.05, 0.1) is 11.1 Å². The van der Waals surface area contributed by atoms with Crippen LogP contribution in [-0.4, -0.2) is 6.61 Å². The van der Waals surface area contributed by atoms with E-state index >= 15 is 0 Å². The molecule has 0 saturated heterocycles. The lowest BCUT2D eigenvalue weighted by molar-refractivity contribution is 0.315. The van der Waals surface area contributed by atoms with Crippen molar-refractivity contribution in [2.24, 2.45) is 5.92 Å². The summed E-state index contributed by atoms with van der Waals surface area (Å²) in [4.78, 5) is 0. The average Bonchev–Trinajstić information content (AvgIpc) is 2.67. The molecule has 1 aliphatic carbocycles. The minimum absolute atomic E-state index is 0.756. The first kappa shape index (κ1) is 18.5. The molecular formula is C23H28BrO. The predicted octanol–water partition coefficient (Wildman–Crippen LogP) is 7.23. The summed E-state index contributed by atoms with van der Waals surface area (Å²) in [6.07, 6.45) is 11.4. The monoisotopic (exact) mass is 399 g/mol. The van der Waals surface area contributed by atoms with Gasteiger partial charge in [-0.05, 0) is 89.2 Å². The van der Waals surface area contributed by atoms with Crippen LogP contribution in [-0.2, 0) is 6.42 Å². The molecule has 1 saturated carbocycles. The van der Waals surface area contributed by atoms with Gasteiger partial charge < -0.3 is 4.74 Å². The summed E-state index contributed by atoms with van der Waals surface area (Å²) >= 11 is 3.63. The van der Waals surface area contributed by atoms with Crippen molar-refractivity contribution in [3.63, 3.8) is 0 Å². The summed E-state index contributed by atoms with van der Waals surface area (Å²) in [5.74, 6) is 1.85. The second kappa shape index (κ2) is 9.43. The molecule has 0 atom stereocenters. The molecule has 133 valence electrons. The highest BCUT2D eigenvalue weighted by atomic mass is 79.9. The first-order chi connectivity index (χ1) is 12.3. The standard InChI is InChI=1S/C23H28BrO/c1-2-16-25-23-15-14-21(17-22(23)24)20-12-10-19(11-13-20)9-8-18-6-4-3-5-7-18/h3,10-15,17-18H,2,4-9,16H2,1H3. The van der Waals surface area contributed by atoms with Gasteiger partial charge in [0.1, 0.15) is 5.75 Å². The fourth-order valence-electron chi connectivity index (χ4n) is 3.53. The first-order valence-electron chi connectivity index (χ1n) is 9.59. The van der Waals surface area contributed by atoms with E-state index in [9.17, 15) is 0 Å². The Morgan fingerprint density at radius 2 is 1.72 bits per heavy atom. The van der Waals surface area contributed by atoms with E-state index in [-0.39, 0.29) is 0 Å². The molecule has 1 nitrogen and oxygen atoms in total. The van der Waals surface area contributed by atoms with Crippen LogP contribution in [0.25, 0.3) is 11.1 Å². The van der Waals surface area contributed by atoms with Crippen molar-refractivity contribution in [3.05, 3.63) is 58.9 Å². The second-order valence-corrected chi connectivity index (χ2v) is 7.89. The van der Waals surface area contributed by atoms with Crippen LogP contribution in [0, 0.1) is 12.3 Å². The van der Waals surface area contributed by atoms with Crippen LogP contribution < -0.4 is 4.74 Å². The smallest absolute Gasteiger partial charge is 0.133 e. The van der Waals surface area contributed by atoms with Gasteiger partial charge in [-0.3, -0.25) is 0 Å². The third kappa shape index (κ3) is 5.34. The van der Waals surface area contributed by atoms with E-state index in [0.29, 0.717) is 0 Å². The molecule has 0 spiro atoms. The number of benzene rings is 2. The summed E-state index contributed by atoms with van der Waals surface area (Å²) in [7, 11) is 0.